The summed E-state index contributed by atoms with van der Waals surface area (Å²) in [5, 5.41) is 8.21. The molecule has 4 rings (SSSR count). The zero-order valence-corrected chi connectivity index (χ0v) is 22.8. The lowest BCUT2D eigenvalue weighted by molar-refractivity contribution is -0.114. The molecular weight excluding hydrogens is 540 g/mol. The van der Waals surface area contributed by atoms with Gasteiger partial charge in [0.05, 0.1) is 24.1 Å². The summed E-state index contributed by atoms with van der Waals surface area (Å²) in [6.07, 6.45) is 4.74. The highest BCUT2D eigenvalue weighted by molar-refractivity contribution is 8.00. The van der Waals surface area contributed by atoms with Crippen LogP contribution in [0.2, 0.25) is 0 Å². The minimum absolute atomic E-state index is 0.0502. The molecule has 0 aliphatic carbocycles. The normalized spacial score (nSPS) is 10.8. The van der Waals surface area contributed by atoms with Crippen LogP contribution in [0.15, 0.2) is 114 Å². The number of methoxy groups -OCH3 is 1. The van der Waals surface area contributed by atoms with Crippen LogP contribution in [0.1, 0.15) is 26.3 Å². The SMILES string of the molecule is COC(=O)c1ccccc1NC(=O)CSc1ccc(NC(=O)/C(=C/c2cccnc2)NC(=O)c2ccccc2)cc1. The summed E-state index contributed by atoms with van der Waals surface area (Å²) in [6, 6.07) is 25.6. The van der Waals surface area contributed by atoms with Crippen molar-refractivity contribution in [1.29, 1.82) is 0 Å². The number of esters is 1. The van der Waals surface area contributed by atoms with Gasteiger partial charge in [-0.25, -0.2) is 4.79 Å². The lowest BCUT2D eigenvalue weighted by atomic mass is 10.2. The van der Waals surface area contributed by atoms with Gasteiger partial charge in [0, 0.05) is 28.5 Å². The highest BCUT2D eigenvalue weighted by atomic mass is 32.2. The van der Waals surface area contributed by atoms with E-state index in [1.807, 2.05) is 0 Å². The summed E-state index contributed by atoms with van der Waals surface area (Å²) in [6.45, 7) is 0. The quantitative estimate of drug-likeness (QED) is 0.140. The van der Waals surface area contributed by atoms with Gasteiger partial charge in [-0.15, -0.1) is 11.8 Å². The van der Waals surface area contributed by atoms with E-state index in [1.54, 1.807) is 109 Å². The number of pyridine rings is 1. The van der Waals surface area contributed by atoms with Crippen molar-refractivity contribution in [3.63, 3.8) is 0 Å². The third kappa shape index (κ3) is 8.38. The summed E-state index contributed by atoms with van der Waals surface area (Å²) in [4.78, 5) is 55.2. The van der Waals surface area contributed by atoms with Crippen molar-refractivity contribution in [3.05, 3.63) is 126 Å². The minimum atomic E-state index is -0.538. The molecular formula is C31H26N4O5S. The van der Waals surface area contributed by atoms with Crippen LogP contribution < -0.4 is 16.0 Å². The van der Waals surface area contributed by atoms with Gasteiger partial charge in [0.15, 0.2) is 0 Å². The van der Waals surface area contributed by atoms with Gasteiger partial charge in [-0.2, -0.15) is 0 Å². The second kappa shape index (κ2) is 14.2. The highest BCUT2D eigenvalue weighted by Crippen LogP contribution is 2.22. The molecule has 0 radical (unpaired) electrons. The molecule has 0 atom stereocenters. The first-order valence-electron chi connectivity index (χ1n) is 12.4. The first-order chi connectivity index (χ1) is 19.9. The van der Waals surface area contributed by atoms with Crippen LogP contribution in [0, 0.1) is 0 Å². The molecule has 0 fully saturated rings. The Balaban J connectivity index is 1.38. The van der Waals surface area contributed by atoms with Gasteiger partial charge in [-0.05, 0) is 66.2 Å². The van der Waals surface area contributed by atoms with E-state index in [-0.39, 0.29) is 22.9 Å². The van der Waals surface area contributed by atoms with Crippen molar-refractivity contribution in [2.24, 2.45) is 0 Å². The van der Waals surface area contributed by atoms with E-state index in [0.717, 1.165) is 4.90 Å². The average Bonchev–Trinajstić information content (AvgIpc) is 3.01. The molecule has 0 saturated heterocycles. The summed E-state index contributed by atoms with van der Waals surface area (Å²) in [5.74, 6) is -1.66. The van der Waals surface area contributed by atoms with Crippen LogP contribution >= 0.6 is 11.8 Å². The number of benzene rings is 3. The Labute approximate surface area is 241 Å². The van der Waals surface area contributed by atoms with Crippen molar-refractivity contribution >= 4 is 52.9 Å². The number of thioether (sulfide) groups is 1. The van der Waals surface area contributed by atoms with Crippen molar-refractivity contribution < 1.29 is 23.9 Å². The predicted molar refractivity (Wildman–Crippen MR) is 158 cm³/mol. The van der Waals surface area contributed by atoms with E-state index >= 15 is 0 Å². The minimum Gasteiger partial charge on any atom is -0.465 e. The zero-order valence-electron chi connectivity index (χ0n) is 22.0. The Bertz CT molecular complexity index is 1560. The standard InChI is InChI=1S/C31H26N4O5S/c1-40-31(39)25-11-5-6-12-26(25)34-28(36)20-41-24-15-13-23(14-16-24)33-30(38)27(18-21-8-7-17-32-19-21)35-29(37)22-9-3-2-4-10-22/h2-19H,20H2,1H3,(H,33,38)(H,34,36)(H,35,37)/b27-18-. The number of nitrogens with one attached hydrogen (secondary N) is 3. The Morgan fingerprint density at radius 1 is 0.854 bits per heavy atom. The van der Waals surface area contributed by atoms with Crippen LogP contribution in [0.3, 0.4) is 0 Å². The van der Waals surface area contributed by atoms with Gasteiger partial charge in [0.1, 0.15) is 5.70 Å². The predicted octanol–water partition coefficient (Wildman–Crippen LogP) is 5.01. The number of para-hydroxylation sites is 1. The monoisotopic (exact) mass is 566 g/mol. The van der Waals surface area contributed by atoms with E-state index in [0.29, 0.717) is 22.5 Å². The molecule has 0 aliphatic heterocycles. The van der Waals surface area contributed by atoms with Gasteiger partial charge >= 0.3 is 5.97 Å². The molecule has 3 amide bonds. The van der Waals surface area contributed by atoms with Gasteiger partial charge in [0.25, 0.3) is 11.8 Å². The maximum Gasteiger partial charge on any atom is 0.339 e. The highest BCUT2D eigenvalue weighted by Gasteiger charge is 2.16. The van der Waals surface area contributed by atoms with E-state index in [4.69, 9.17) is 4.74 Å². The molecule has 0 aliphatic rings. The van der Waals surface area contributed by atoms with Crippen molar-refractivity contribution in [2.45, 2.75) is 4.90 Å². The molecule has 0 unspecified atom stereocenters. The topological polar surface area (TPSA) is 126 Å². The second-order valence-corrected chi connectivity index (χ2v) is 9.57. The third-order valence-corrected chi connectivity index (χ3v) is 6.62. The van der Waals surface area contributed by atoms with E-state index in [2.05, 4.69) is 20.9 Å². The number of carbonyl (C=O) groups is 4. The molecule has 10 heteroatoms. The van der Waals surface area contributed by atoms with Gasteiger partial charge in [0.2, 0.25) is 5.91 Å². The third-order valence-electron chi connectivity index (χ3n) is 5.61. The molecule has 0 spiro atoms. The van der Waals surface area contributed by atoms with Crippen LogP contribution in [0.5, 0.6) is 0 Å². The lowest BCUT2D eigenvalue weighted by Gasteiger charge is -2.12. The molecule has 0 saturated carbocycles. The molecule has 4 aromatic rings. The number of hydrogen-bond donors (Lipinski definition) is 3. The first kappa shape index (κ1) is 28.8. The summed E-state index contributed by atoms with van der Waals surface area (Å²) in [7, 11) is 1.28. The number of hydrogen-bond acceptors (Lipinski definition) is 7. The molecule has 206 valence electrons. The number of rotatable bonds is 10. The number of carbonyl (C=O) groups excluding carboxylic acids is 4. The Kier molecular flexibility index (Phi) is 10.0. The van der Waals surface area contributed by atoms with Gasteiger partial charge < -0.3 is 20.7 Å². The number of ether oxygens (including phenoxy) is 1. The smallest absolute Gasteiger partial charge is 0.339 e. The number of nitrogens with zero attached hydrogens (tertiary/aromatic N) is 1. The molecule has 3 N–H and O–H groups in total. The van der Waals surface area contributed by atoms with Crippen molar-refractivity contribution in [2.75, 3.05) is 23.5 Å². The van der Waals surface area contributed by atoms with E-state index in [9.17, 15) is 19.2 Å². The lowest BCUT2D eigenvalue weighted by Crippen LogP contribution is -2.30. The second-order valence-electron chi connectivity index (χ2n) is 8.52. The van der Waals surface area contributed by atoms with Crippen LogP contribution in [0.4, 0.5) is 11.4 Å². The number of anilines is 2. The summed E-state index contributed by atoms with van der Waals surface area (Å²) >= 11 is 1.29. The molecule has 1 aromatic heterocycles. The molecule has 41 heavy (non-hydrogen) atoms. The summed E-state index contributed by atoms with van der Waals surface area (Å²) < 4.78 is 4.76. The van der Waals surface area contributed by atoms with Gasteiger partial charge in [-0.1, -0.05) is 36.4 Å². The fraction of sp³-hybridized carbons (Fsp3) is 0.0645. The molecule has 3 aromatic carbocycles. The molecule has 1 heterocycles. The molecule has 9 nitrogen and oxygen atoms in total. The van der Waals surface area contributed by atoms with Crippen LogP contribution in [0.25, 0.3) is 6.08 Å². The summed E-state index contributed by atoms with van der Waals surface area (Å²) in [5.41, 5.74) is 2.25. The Morgan fingerprint density at radius 3 is 2.29 bits per heavy atom. The Morgan fingerprint density at radius 2 is 1.59 bits per heavy atom. The van der Waals surface area contributed by atoms with Crippen molar-refractivity contribution in [3.8, 4) is 0 Å². The van der Waals surface area contributed by atoms with Crippen molar-refractivity contribution in [1.82, 2.24) is 10.3 Å². The fourth-order valence-corrected chi connectivity index (χ4v) is 4.32. The Hall–Kier alpha value is -5.22. The van der Waals surface area contributed by atoms with Crippen LogP contribution in [-0.4, -0.2) is 41.5 Å². The zero-order chi connectivity index (χ0) is 29.0. The van der Waals surface area contributed by atoms with Gasteiger partial charge in [-0.3, -0.25) is 19.4 Å². The van der Waals surface area contributed by atoms with Crippen LogP contribution in [-0.2, 0) is 14.3 Å². The maximum atomic E-state index is 13.1. The molecule has 0 bridgehead atoms. The van der Waals surface area contributed by atoms with E-state index < -0.39 is 17.8 Å². The average molecular weight is 567 g/mol. The number of amides is 3. The largest absolute Gasteiger partial charge is 0.465 e. The number of aromatic nitrogens is 1. The van der Waals surface area contributed by atoms with E-state index in [1.165, 1.54) is 18.9 Å². The maximum absolute atomic E-state index is 13.1. The first-order valence-corrected chi connectivity index (χ1v) is 13.4. The fourth-order valence-electron chi connectivity index (χ4n) is 3.62.